The van der Waals surface area contributed by atoms with Crippen molar-refractivity contribution < 1.29 is 9.63 Å². The van der Waals surface area contributed by atoms with Crippen LogP contribution in [0.5, 0.6) is 0 Å². The summed E-state index contributed by atoms with van der Waals surface area (Å²) in [5.41, 5.74) is -0.169. The number of nitrogens with one attached hydrogen (secondary N) is 1. The van der Waals surface area contributed by atoms with Crippen molar-refractivity contribution in [3.8, 4) is 10.7 Å². The van der Waals surface area contributed by atoms with Crippen molar-refractivity contribution in [2.45, 2.75) is 57.4 Å². The van der Waals surface area contributed by atoms with E-state index in [1.165, 1.54) is 32.1 Å². The minimum Gasteiger partial charge on any atom is -0.394 e. The molecule has 132 valence electrons. The zero-order chi connectivity index (χ0) is 16.8. The van der Waals surface area contributed by atoms with Crippen molar-refractivity contribution in [1.29, 1.82) is 0 Å². The number of aliphatic hydroxyl groups is 1. The molecular formula is C18H27N3O2S. The van der Waals surface area contributed by atoms with Gasteiger partial charge in [0, 0.05) is 12.0 Å². The van der Waals surface area contributed by atoms with Crippen molar-refractivity contribution >= 4 is 11.3 Å². The van der Waals surface area contributed by atoms with Gasteiger partial charge >= 0.3 is 0 Å². The van der Waals surface area contributed by atoms with Gasteiger partial charge in [0.1, 0.15) is 0 Å². The van der Waals surface area contributed by atoms with E-state index >= 15 is 0 Å². The Labute approximate surface area is 147 Å². The largest absolute Gasteiger partial charge is 0.394 e. The van der Waals surface area contributed by atoms with Gasteiger partial charge in [0.15, 0.2) is 0 Å². The van der Waals surface area contributed by atoms with E-state index in [1.54, 1.807) is 11.3 Å². The molecule has 1 unspecified atom stereocenters. The summed E-state index contributed by atoms with van der Waals surface area (Å²) in [5, 5.41) is 19.5. The van der Waals surface area contributed by atoms with Gasteiger partial charge in [-0.05, 0) is 50.1 Å². The summed E-state index contributed by atoms with van der Waals surface area (Å²) >= 11 is 1.61. The molecule has 1 fully saturated rings. The number of hydrogen-bond donors (Lipinski definition) is 2. The predicted octanol–water partition coefficient (Wildman–Crippen LogP) is 3.65. The lowest BCUT2D eigenvalue weighted by atomic mass is 9.76. The van der Waals surface area contributed by atoms with Gasteiger partial charge in [-0.25, -0.2) is 0 Å². The van der Waals surface area contributed by atoms with Crippen LogP contribution >= 0.6 is 11.3 Å². The number of thiophene rings is 1. The summed E-state index contributed by atoms with van der Waals surface area (Å²) in [6.45, 7) is 3.20. The monoisotopic (exact) mass is 349 g/mol. The van der Waals surface area contributed by atoms with Crippen molar-refractivity contribution in [1.82, 2.24) is 15.5 Å². The fraction of sp³-hybridized carbons (Fsp3) is 0.667. The van der Waals surface area contributed by atoms with Crippen LogP contribution in [0.2, 0.25) is 0 Å². The van der Waals surface area contributed by atoms with Crippen LogP contribution in [-0.4, -0.2) is 33.9 Å². The molecule has 1 atom stereocenters. The summed E-state index contributed by atoms with van der Waals surface area (Å²) < 4.78 is 5.33. The quantitative estimate of drug-likeness (QED) is 0.712. The smallest absolute Gasteiger partial charge is 0.227 e. The molecule has 3 rings (SSSR count). The normalized spacial score (nSPS) is 18.6. The van der Waals surface area contributed by atoms with Gasteiger partial charge < -0.3 is 14.9 Å². The van der Waals surface area contributed by atoms with Gasteiger partial charge in [-0.15, -0.1) is 11.3 Å². The Morgan fingerprint density at radius 2 is 2.21 bits per heavy atom. The van der Waals surface area contributed by atoms with E-state index in [1.807, 2.05) is 17.5 Å². The number of aryl methyl sites for hydroxylation is 1. The third-order valence-corrected chi connectivity index (χ3v) is 6.01. The van der Waals surface area contributed by atoms with E-state index in [4.69, 9.17) is 4.52 Å². The number of hydrogen-bond acceptors (Lipinski definition) is 6. The van der Waals surface area contributed by atoms with E-state index < -0.39 is 0 Å². The molecule has 2 heterocycles. The highest BCUT2D eigenvalue weighted by atomic mass is 32.1. The molecule has 0 bridgehead atoms. The summed E-state index contributed by atoms with van der Waals surface area (Å²) in [7, 11) is 0. The molecule has 5 nitrogen and oxygen atoms in total. The van der Waals surface area contributed by atoms with Crippen LogP contribution in [0.4, 0.5) is 0 Å². The summed E-state index contributed by atoms with van der Waals surface area (Å²) in [4.78, 5) is 5.49. The van der Waals surface area contributed by atoms with Crippen molar-refractivity contribution in [3.05, 3.63) is 23.4 Å². The Kier molecular flexibility index (Phi) is 6.03. The number of rotatable bonds is 8. The van der Waals surface area contributed by atoms with Gasteiger partial charge in [-0.2, -0.15) is 4.98 Å². The molecule has 0 aliphatic heterocycles. The standard InChI is InChI=1S/C18H27N3O2S/c1-18(13-22,14-7-3-2-4-8-14)19-11-5-10-16-20-17(21-23-16)15-9-6-12-24-15/h6,9,12,14,19,22H,2-5,7-8,10-11,13H2,1H3. The van der Waals surface area contributed by atoms with Gasteiger partial charge in [0.2, 0.25) is 11.7 Å². The molecule has 0 radical (unpaired) electrons. The van der Waals surface area contributed by atoms with Crippen molar-refractivity contribution in [3.63, 3.8) is 0 Å². The zero-order valence-corrected chi connectivity index (χ0v) is 15.1. The Morgan fingerprint density at radius 3 is 2.92 bits per heavy atom. The topological polar surface area (TPSA) is 71.2 Å². The van der Waals surface area contributed by atoms with Crippen LogP contribution in [0.25, 0.3) is 10.7 Å². The van der Waals surface area contributed by atoms with Crippen LogP contribution in [0.3, 0.4) is 0 Å². The van der Waals surface area contributed by atoms with E-state index in [0.717, 1.165) is 24.3 Å². The molecule has 1 aliphatic rings. The van der Waals surface area contributed by atoms with Gasteiger partial charge in [-0.3, -0.25) is 0 Å². The average Bonchev–Trinajstić information content (AvgIpc) is 3.30. The second kappa shape index (κ2) is 8.23. The Morgan fingerprint density at radius 1 is 1.38 bits per heavy atom. The molecule has 1 saturated carbocycles. The third-order valence-electron chi connectivity index (χ3n) is 5.14. The second-order valence-corrected chi connectivity index (χ2v) is 7.88. The first kappa shape index (κ1) is 17.6. The highest BCUT2D eigenvalue weighted by molar-refractivity contribution is 7.13. The first-order chi connectivity index (χ1) is 11.7. The highest BCUT2D eigenvalue weighted by Gasteiger charge is 2.33. The van der Waals surface area contributed by atoms with Crippen LogP contribution < -0.4 is 5.32 Å². The molecular weight excluding hydrogens is 322 g/mol. The summed E-state index contributed by atoms with van der Waals surface area (Å²) in [5.74, 6) is 1.93. The lowest BCUT2D eigenvalue weighted by Gasteiger charge is -2.39. The van der Waals surface area contributed by atoms with Crippen LogP contribution in [0.15, 0.2) is 22.0 Å². The number of nitrogens with zero attached hydrogens (tertiary/aromatic N) is 2. The highest BCUT2D eigenvalue weighted by Crippen LogP contribution is 2.32. The van der Waals surface area contributed by atoms with E-state index in [-0.39, 0.29) is 12.1 Å². The molecule has 24 heavy (non-hydrogen) atoms. The van der Waals surface area contributed by atoms with Gasteiger partial charge in [0.25, 0.3) is 0 Å². The Bertz CT molecular complexity index is 608. The molecule has 0 amide bonds. The predicted molar refractivity (Wildman–Crippen MR) is 96.0 cm³/mol. The van der Waals surface area contributed by atoms with Gasteiger partial charge in [-0.1, -0.05) is 30.5 Å². The molecule has 2 N–H and O–H groups in total. The van der Waals surface area contributed by atoms with Gasteiger partial charge in [0.05, 0.1) is 11.5 Å². The molecule has 0 spiro atoms. The second-order valence-electron chi connectivity index (χ2n) is 6.93. The third kappa shape index (κ3) is 4.23. The number of aliphatic hydroxyl groups excluding tert-OH is 1. The summed E-state index contributed by atoms with van der Waals surface area (Å²) in [6, 6.07) is 3.98. The van der Waals surface area contributed by atoms with Crippen LogP contribution in [0, 0.1) is 5.92 Å². The zero-order valence-electron chi connectivity index (χ0n) is 14.3. The lowest BCUT2D eigenvalue weighted by molar-refractivity contribution is 0.0951. The molecule has 2 aromatic heterocycles. The Hall–Kier alpha value is -1.24. The average molecular weight is 350 g/mol. The fourth-order valence-electron chi connectivity index (χ4n) is 3.54. The minimum atomic E-state index is -0.169. The molecule has 0 saturated heterocycles. The first-order valence-electron chi connectivity index (χ1n) is 8.93. The fourth-order valence-corrected chi connectivity index (χ4v) is 4.19. The van der Waals surface area contributed by atoms with E-state index in [0.29, 0.717) is 17.6 Å². The molecule has 6 heteroatoms. The minimum absolute atomic E-state index is 0.169. The van der Waals surface area contributed by atoms with Crippen molar-refractivity contribution in [2.24, 2.45) is 5.92 Å². The Balaban J connectivity index is 1.46. The van der Waals surface area contributed by atoms with E-state index in [2.05, 4.69) is 22.4 Å². The summed E-state index contributed by atoms with van der Waals surface area (Å²) in [6.07, 6.45) is 8.04. The lowest BCUT2D eigenvalue weighted by Crippen LogP contribution is -2.52. The van der Waals surface area contributed by atoms with Crippen LogP contribution in [-0.2, 0) is 6.42 Å². The van der Waals surface area contributed by atoms with Crippen LogP contribution in [0.1, 0.15) is 51.3 Å². The maximum atomic E-state index is 9.86. The SMILES string of the molecule is CC(CO)(NCCCc1nc(-c2cccs2)no1)C1CCCCC1. The molecule has 0 aromatic carbocycles. The van der Waals surface area contributed by atoms with Crippen molar-refractivity contribution in [2.75, 3.05) is 13.2 Å². The maximum Gasteiger partial charge on any atom is 0.227 e. The van der Waals surface area contributed by atoms with E-state index in [9.17, 15) is 5.11 Å². The number of aromatic nitrogens is 2. The molecule has 2 aromatic rings. The molecule has 1 aliphatic carbocycles. The maximum absolute atomic E-state index is 9.86. The first-order valence-corrected chi connectivity index (χ1v) is 9.81.